The lowest BCUT2D eigenvalue weighted by atomic mass is 9.75. The van der Waals surface area contributed by atoms with E-state index in [-0.39, 0.29) is 22.8 Å². The second kappa shape index (κ2) is 10.1. The third-order valence-electron chi connectivity index (χ3n) is 6.25. The zero-order chi connectivity index (χ0) is 23.3. The Morgan fingerprint density at radius 1 is 0.970 bits per heavy atom. The van der Waals surface area contributed by atoms with Gasteiger partial charge in [0.15, 0.2) is 20.3 Å². The van der Waals surface area contributed by atoms with Crippen molar-refractivity contribution in [2.45, 2.75) is 52.9 Å². The number of hydrogen-bond donors (Lipinski definition) is 0. The van der Waals surface area contributed by atoms with Crippen molar-refractivity contribution in [3.8, 4) is 12.3 Å². The van der Waals surface area contributed by atoms with Crippen LogP contribution in [0.25, 0.3) is 0 Å². The summed E-state index contributed by atoms with van der Waals surface area (Å²) in [5.41, 5.74) is 0.600. The highest BCUT2D eigenvalue weighted by atomic mass is 32.2. The molecule has 2 unspecified atom stereocenters. The largest absolute Gasteiger partial charge is 0.442 e. The summed E-state index contributed by atoms with van der Waals surface area (Å²) in [7, 11) is -0.339. The number of rotatable bonds is 6. The number of carbonyl (C=O) groups is 1. The molecule has 1 saturated carbocycles. The zero-order valence-electron chi connectivity index (χ0n) is 19.0. The number of ether oxygens (including phenoxy) is 1. The first-order valence-corrected chi connectivity index (χ1v) is 12.6. The van der Waals surface area contributed by atoms with Gasteiger partial charge in [-0.3, -0.25) is 0 Å². The first-order valence-electron chi connectivity index (χ1n) is 11.3. The Kier molecular flexibility index (Phi) is 7.06. The number of benzene rings is 3. The van der Waals surface area contributed by atoms with Gasteiger partial charge in [0.1, 0.15) is 0 Å². The van der Waals surface area contributed by atoms with Crippen LogP contribution >= 0.6 is 0 Å². The molecule has 0 saturated heterocycles. The Bertz CT molecular complexity index is 1120. The molecular formula is C30H29O2S+. The van der Waals surface area contributed by atoms with Gasteiger partial charge in [-0.1, -0.05) is 67.0 Å². The van der Waals surface area contributed by atoms with Gasteiger partial charge in [0.05, 0.1) is 16.5 Å². The number of esters is 1. The molecule has 0 radical (unpaired) electrons. The smallest absolute Gasteiger partial charge is 0.339 e. The third kappa shape index (κ3) is 5.07. The Labute approximate surface area is 200 Å². The fourth-order valence-electron chi connectivity index (χ4n) is 4.47. The van der Waals surface area contributed by atoms with Crippen LogP contribution in [0, 0.1) is 18.3 Å². The van der Waals surface area contributed by atoms with E-state index in [1.54, 1.807) is 6.07 Å². The Balaban J connectivity index is 1.65. The molecule has 0 bridgehead atoms. The van der Waals surface area contributed by atoms with Crippen molar-refractivity contribution in [3.63, 3.8) is 0 Å². The minimum atomic E-state index is -0.995. The molecule has 3 aromatic carbocycles. The Morgan fingerprint density at radius 3 is 2.15 bits per heavy atom. The minimum Gasteiger partial charge on any atom is -0.442 e. The maximum atomic E-state index is 13.3. The molecule has 0 aromatic heterocycles. The van der Waals surface area contributed by atoms with Gasteiger partial charge >= 0.3 is 5.97 Å². The van der Waals surface area contributed by atoms with Gasteiger partial charge in [-0.15, -0.1) is 6.42 Å². The summed E-state index contributed by atoms with van der Waals surface area (Å²) in [6.07, 6.45) is 9.92. The molecule has 0 aliphatic heterocycles. The molecule has 2 nitrogen and oxygen atoms in total. The van der Waals surface area contributed by atoms with Gasteiger partial charge in [0, 0.05) is 12.0 Å². The number of hydrogen-bond acceptors (Lipinski definition) is 2. The number of terminal acetylenes is 1. The Hall–Kier alpha value is -3.22. The van der Waals surface area contributed by atoms with Gasteiger partial charge < -0.3 is 4.74 Å². The predicted molar refractivity (Wildman–Crippen MR) is 135 cm³/mol. The average Bonchev–Trinajstić information content (AvgIpc) is 2.86. The summed E-state index contributed by atoms with van der Waals surface area (Å²) in [5, 5.41) is 0. The molecule has 33 heavy (non-hydrogen) atoms. The Morgan fingerprint density at radius 2 is 1.58 bits per heavy atom. The van der Waals surface area contributed by atoms with Crippen molar-refractivity contribution in [2.75, 3.05) is 0 Å². The van der Waals surface area contributed by atoms with Crippen LogP contribution in [0.3, 0.4) is 0 Å². The summed E-state index contributed by atoms with van der Waals surface area (Å²) >= 11 is 0. The van der Waals surface area contributed by atoms with Crippen LogP contribution in [0.5, 0.6) is 0 Å². The van der Waals surface area contributed by atoms with Crippen molar-refractivity contribution in [1.82, 2.24) is 0 Å². The topological polar surface area (TPSA) is 26.3 Å². The normalized spacial score (nSPS) is 17.7. The third-order valence-corrected chi connectivity index (χ3v) is 8.47. The van der Waals surface area contributed by atoms with Crippen molar-refractivity contribution in [2.24, 2.45) is 5.92 Å². The lowest BCUT2D eigenvalue weighted by molar-refractivity contribution is -0.00648. The van der Waals surface area contributed by atoms with Crippen molar-refractivity contribution >= 4 is 16.9 Å². The van der Waals surface area contributed by atoms with Crippen molar-refractivity contribution < 1.29 is 9.53 Å². The van der Waals surface area contributed by atoms with Crippen LogP contribution in [0.4, 0.5) is 0 Å². The maximum absolute atomic E-state index is 13.3. The first-order chi connectivity index (χ1) is 16.0. The van der Waals surface area contributed by atoms with Crippen LogP contribution < -0.4 is 0 Å². The van der Waals surface area contributed by atoms with E-state index in [0.717, 1.165) is 36.2 Å². The lowest BCUT2D eigenvalue weighted by Crippen LogP contribution is -2.40. The van der Waals surface area contributed by atoms with Crippen LogP contribution in [0.15, 0.2) is 112 Å². The molecule has 3 heteroatoms. The monoisotopic (exact) mass is 453 g/mol. The molecule has 1 aliphatic carbocycles. The second-order valence-corrected chi connectivity index (χ2v) is 10.6. The van der Waals surface area contributed by atoms with Gasteiger partial charge in [-0.05, 0) is 62.6 Å². The summed E-state index contributed by atoms with van der Waals surface area (Å²) in [5.74, 6) is 2.37. The molecule has 2 atom stereocenters. The van der Waals surface area contributed by atoms with E-state index in [0.29, 0.717) is 5.56 Å². The lowest BCUT2D eigenvalue weighted by Gasteiger charge is -2.36. The predicted octanol–water partition coefficient (Wildman–Crippen LogP) is 7.08. The molecule has 4 rings (SSSR count). The standard InChI is InChI=1S/C30H29O2S/c1-4-30(3,28-21-12-11-14-23(28)2)32-29(31)24-15-13-20-27(22-24)33(25-16-7-5-8-17-25)26-18-9-6-10-19-26/h1,5-10,13,15-20,22,28H,2,11-12,14,21H2,3H3/q+1. The average molecular weight is 454 g/mol. The first kappa shape index (κ1) is 23.0. The van der Waals surface area contributed by atoms with E-state index in [9.17, 15) is 4.79 Å². The highest BCUT2D eigenvalue weighted by Crippen LogP contribution is 2.38. The van der Waals surface area contributed by atoms with Crippen molar-refractivity contribution in [3.05, 3.63) is 103 Å². The fraction of sp³-hybridized carbons (Fsp3) is 0.233. The summed E-state index contributed by atoms with van der Waals surface area (Å²) in [6, 6.07) is 28.5. The van der Waals surface area contributed by atoms with Gasteiger partial charge in [0.2, 0.25) is 0 Å². The summed E-state index contributed by atoms with van der Waals surface area (Å²) in [6.45, 7) is 6.05. The fourth-order valence-corrected chi connectivity index (χ4v) is 6.60. The van der Waals surface area contributed by atoms with Gasteiger partial charge in [-0.25, -0.2) is 4.79 Å². The molecule has 1 aliphatic rings. The second-order valence-electron chi connectivity index (χ2n) is 8.56. The number of carbonyl (C=O) groups excluding carboxylic acids is 1. The molecule has 0 heterocycles. The zero-order valence-corrected chi connectivity index (χ0v) is 19.8. The molecular weight excluding hydrogens is 424 g/mol. The van der Waals surface area contributed by atoms with E-state index in [4.69, 9.17) is 11.2 Å². The van der Waals surface area contributed by atoms with E-state index in [1.807, 2.05) is 55.5 Å². The molecule has 1 fully saturated rings. The van der Waals surface area contributed by atoms with Crippen LogP contribution in [0.1, 0.15) is 43.0 Å². The molecule has 0 amide bonds. The SMILES string of the molecule is C#CC(C)(OC(=O)c1cccc([S+](c2ccccc2)c2ccccc2)c1)C1CCCCC1=C. The minimum absolute atomic E-state index is 0.00774. The highest BCUT2D eigenvalue weighted by molar-refractivity contribution is 7.97. The summed E-state index contributed by atoms with van der Waals surface area (Å²) < 4.78 is 6.00. The maximum Gasteiger partial charge on any atom is 0.339 e. The van der Waals surface area contributed by atoms with E-state index in [2.05, 4.69) is 42.8 Å². The molecule has 166 valence electrons. The molecule has 0 spiro atoms. The van der Waals surface area contributed by atoms with Gasteiger partial charge in [0.25, 0.3) is 0 Å². The van der Waals surface area contributed by atoms with Crippen LogP contribution in [-0.2, 0) is 15.6 Å². The van der Waals surface area contributed by atoms with Crippen LogP contribution in [0.2, 0.25) is 0 Å². The van der Waals surface area contributed by atoms with E-state index < -0.39 is 5.60 Å². The summed E-state index contributed by atoms with van der Waals surface area (Å²) in [4.78, 5) is 16.7. The molecule has 3 aromatic rings. The molecule has 0 N–H and O–H groups in total. The van der Waals surface area contributed by atoms with Crippen LogP contribution in [-0.4, -0.2) is 11.6 Å². The van der Waals surface area contributed by atoms with Crippen molar-refractivity contribution in [1.29, 1.82) is 0 Å². The highest BCUT2D eigenvalue weighted by Gasteiger charge is 2.39. The van der Waals surface area contributed by atoms with E-state index >= 15 is 0 Å². The van der Waals surface area contributed by atoms with E-state index in [1.165, 1.54) is 9.79 Å². The quantitative estimate of drug-likeness (QED) is 0.173. The van der Waals surface area contributed by atoms with Gasteiger partial charge in [-0.2, -0.15) is 0 Å².